The predicted molar refractivity (Wildman–Crippen MR) is 124 cm³/mol. The molecular weight excluding hydrogens is 425 g/mol. The quantitative estimate of drug-likeness (QED) is 0.559. The van der Waals surface area contributed by atoms with Crippen LogP contribution in [0.2, 0.25) is 0 Å². The lowest BCUT2D eigenvalue weighted by atomic mass is 9.85. The van der Waals surface area contributed by atoms with E-state index in [-0.39, 0.29) is 11.1 Å². The largest absolute Gasteiger partial charge is 0.356 e. The van der Waals surface area contributed by atoms with Gasteiger partial charge in [0.15, 0.2) is 9.84 Å². The van der Waals surface area contributed by atoms with Crippen molar-refractivity contribution in [2.45, 2.75) is 52.2 Å². The monoisotopic (exact) mass is 459 g/mol. The van der Waals surface area contributed by atoms with Crippen LogP contribution >= 0.6 is 11.6 Å². The van der Waals surface area contributed by atoms with Crippen LogP contribution in [0.15, 0.2) is 35.6 Å². The molecule has 8 heteroatoms. The van der Waals surface area contributed by atoms with Gasteiger partial charge in [0, 0.05) is 36.0 Å². The van der Waals surface area contributed by atoms with Gasteiger partial charge in [0.05, 0.1) is 22.8 Å². The first kappa shape index (κ1) is 26.6. The number of rotatable bonds is 9. The van der Waals surface area contributed by atoms with Crippen molar-refractivity contribution in [1.29, 1.82) is 0 Å². The smallest absolute Gasteiger partial charge is 0.152 e. The molecule has 0 saturated carbocycles. The summed E-state index contributed by atoms with van der Waals surface area (Å²) in [5.74, 6) is 0.513. The van der Waals surface area contributed by atoms with E-state index in [9.17, 15) is 12.8 Å². The van der Waals surface area contributed by atoms with Crippen molar-refractivity contribution in [2.75, 3.05) is 19.3 Å². The van der Waals surface area contributed by atoms with Crippen molar-refractivity contribution >= 4 is 27.1 Å². The van der Waals surface area contributed by atoms with Gasteiger partial charge < -0.3 is 10.6 Å². The van der Waals surface area contributed by atoms with E-state index in [1.54, 1.807) is 6.07 Å². The Bertz CT molecular complexity index is 817. The number of halogens is 2. The Hall–Kier alpha value is -1.44. The highest BCUT2D eigenvalue weighted by molar-refractivity contribution is 7.91. The number of hydrogen-bond donors (Lipinski definition) is 2. The zero-order valence-electron chi connectivity index (χ0n) is 18.6. The SMILES string of the molecule is C=C(N/C(=C(\C)Cl)[C@H](CCC)[C@@H](C)CC)c1ccc(F)cn1.CS(=O)(=O)C1CNC1. The molecule has 0 amide bonds. The first-order valence-corrected chi connectivity index (χ1v) is 12.7. The Morgan fingerprint density at radius 1 is 1.40 bits per heavy atom. The second-order valence-corrected chi connectivity index (χ2v) is 10.7. The molecule has 30 heavy (non-hydrogen) atoms. The fourth-order valence-corrected chi connectivity index (χ4v) is 4.12. The topological polar surface area (TPSA) is 71.1 Å². The molecule has 0 unspecified atom stereocenters. The van der Waals surface area contributed by atoms with Gasteiger partial charge in [-0.25, -0.2) is 12.8 Å². The molecule has 1 aliphatic rings. The third kappa shape index (κ3) is 8.36. The number of hydrogen-bond acceptors (Lipinski definition) is 5. The zero-order valence-corrected chi connectivity index (χ0v) is 20.2. The van der Waals surface area contributed by atoms with Gasteiger partial charge in [-0.05, 0) is 31.4 Å². The van der Waals surface area contributed by atoms with E-state index in [1.807, 2.05) is 6.92 Å². The van der Waals surface area contributed by atoms with Crippen LogP contribution in [0.25, 0.3) is 5.70 Å². The number of nitrogens with zero attached hydrogens (tertiary/aromatic N) is 1. The van der Waals surface area contributed by atoms with Crippen molar-refractivity contribution in [1.82, 2.24) is 15.6 Å². The lowest BCUT2D eigenvalue weighted by Gasteiger charge is -2.28. The number of sulfone groups is 1. The van der Waals surface area contributed by atoms with Gasteiger partial charge >= 0.3 is 0 Å². The molecule has 0 spiro atoms. The van der Waals surface area contributed by atoms with Crippen LogP contribution in [0, 0.1) is 17.7 Å². The maximum absolute atomic E-state index is 13.0. The van der Waals surface area contributed by atoms with Gasteiger partial charge in [-0.1, -0.05) is 51.8 Å². The van der Waals surface area contributed by atoms with Crippen LogP contribution in [0.3, 0.4) is 0 Å². The molecule has 1 aliphatic heterocycles. The predicted octanol–water partition coefficient (Wildman–Crippen LogP) is 4.72. The van der Waals surface area contributed by atoms with Gasteiger partial charge in [0.25, 0.3) is 0 Å². The Morgan fingerprint density at radius 3 is 2.37 bits per heavy atom. The second kappa shape index (κ2) is 12.4. The molecule has 1 saturated heterocycles. The van der Waals surface area contributed by atoms with E-state index in [0.717, 1.165) is 30.0 Å². The highest BCUT2D eigenvalue weighted by Gasteiger charge is 2.26. The van der Waals surface area contributed by atoms with Crippen molar-refractivity contribution in [3.8, 4) is 0 Å². The molecule has 2 atom stereocenters. The first-order valence-electron chi connectivity index (χ1n) is 10.3. The van der Waals surface area contributed by atoms with Crippen molar-refractivity contribution in [3.63, 3.8) is 0 Å². The number of nitrogens with one attached hydrogen (secondary N) is 2. The summed E-state index contributed by atoms with van der Waals surface area (Å²) in [7, 11) is -2.73. The summed E-state index contributed by atoms with van der Waals surface area (Å²) in [6, 6.07) is 2.99. The van der Waals surface area contributed by atoms with E-state index < -0.39 is 9.84 Å². The van der Waals surface area contributed by atoms with Gasteiger partial charge in [0.1, 0.15) is 5.82 Å². The van der Waals surface area contributed by atoms with Gasteiger partial charge in [-0.15, -0.1) is 0 Å². The molecule has 1 fully saturated rings. The van der Waals surface area contributed by atoms with Crippen LogP contribution in [-0.2, 0) is 9.84 Å². The summed E-state index contributed by atoms with van der Waals surface area (Å²) in [5.41, 5.74) is 2.25. The summed E-state index contributed by atoms with van der Waals surface area (Å²) in [6.07, 6.45) is 5.70. The Labute approximate surface area is 186 Å². The summed E-state index contributed by atoms with van der Waals surface area (Å²) in [6.45, 7) is 13.8. The van der Waals surface area contributed by atoms with E-state index in [2.05, 4.69) is 43.0 Å². The zero-order chi connectivity index (χ0) is 22.9. The molecule has 0 bridgehead atoms. The second-order valence-electron chi connectivity index (χ2n) is 7.80. The first-order chi connectivity index (χ1) is 14.0. The number of aromatic nitrogens is 1. The molecule has 5 nitrogen and oxygen atoms in total. The van der Waals surface area contributed by atoms with Crippen molar-refractivity contribution < 1.29 is 12.8 Å². The number of pyridine rings is 1. The van der Waals surface area contributed by atoms with Gasteiger partial charge in [-0.2, -0.15) is 0 Å². The Morgan fingerprint density at radius 2 is 2.03 bits per heavy atom. The molecule has 2 heterocycles. The third-order valence-electron chi connectivity index (χ3n) is 5.34. The average Bonchev–Trinajstić information content (AvgIpc) is 2.61. The standard InChI is InChI=1S/C18H26ClFN2.C4H9NO2S/c1-6-8-16(12(3)7-2)18(13(4)19)22-14(5)17-10-9-15(20)11-21-17;1-8(6,7)4-2-5-3-4/h9-12,16,22H,5-8H2,1-4H3;4-5H,2-3H2,1H3/b18-13+;/t12-,16+;/m0./s1. The van der Waals surface area contributed by atoms with Crippen LogP contribution in [0.1, 0.15) is 52.7 Å². The summed E-state index contributed by atoms with van der Waals surface area (Å²) < 4.78 is 34.1. The average molecular weight is 460 g/mol. The molecule has 0 radical (unpaired) electrons. The molecule has 0 aromatic carbocycles. The van der Waals surface area contributed by atoms with Crippen LogP contribution in [0.5, 0.6) is 0 Å². The Kier molecular flexibility index (Phi) is 11.0. The molecular formula is C22H35ClFN3O2S. The van der Waals surface area contributed by atoms with E-state index in [4.69, 9.17) is 11.6 Å². The highest BCUT2D eigenvalue weighted by Crippen LogP contribution is 2.31. The molecule has 2 N–H and O–H groups in total. The van der Waals surface area contributed by atoms with E-state index >= 15 is 0 Å². The fraction of sp³-hybridized carbons (Fsp3) is 0.591. The van der Waals surface area contributed by atoms with Crippen LogP contribution < -0.4 is 10.6 Å². The van der Waals surface area contributed by atoms with Crippen molar-refractivity contribution in [3.05, 3.63) is 47.1 Å². The Balaban J connectivity index is 0.000000467. The molecule has 1 aromatic heterocycles. The van der Waals surface area contributed by atoms with Crippen LogP contribution in [-0.4, -0.2) is 38.0 Å². The summed E-state index contributed by atoms with van der Waals surface area (Å²) >= 11 is 6.33. The summed E-state index contributed by atoms with van der Waals surface area (Å²) in [4.78, 5) is 4.06. The van der Waals surface area contributed by atoms with Crippen LogP contribution in [0.4, 0.5) is 4.39 Å². The normalized spacial score (nSPS) is 17.0. The molecule has 170 valence electrons. The minimum absolute atomic E-state index is 0.109. The minimum atomic E-state index is -2.73. The lowest BCUT2D eigenvalue weighted by molar-refractivity contribution is 0.361. The van der Waals surface area contributed by atoms with E-state index in [0.29, 0.717) is 36.3 Å². The maximum atomic E-state index is 13.0. The fourth-order valence-electron chi connectivity index (χ4n) is 3.09. The van der Waals surface area contributed by atoms with Gasteiger partial charge in [0.2, 0.25) is 0 Å². The van der Waals surface area contributed by atoms with E-state index in [1.165, 1.54) is 18.5 Å². The number of allylic oxidation sites excluding steroid dienone is 2. The lowest BCUT2D eigenvalue weighted by Crippen LogP contribution is -2.51. The third-order valence-corrected chi connectivity index (χ3v) is 7.09. The molecule has 0 aliphatic carbocycles. The molecule has 2 rings (SSSR count). The summed E-state index contributed by atoms with van der Waals surface area (Å²) in [5, 5.41) is 6.84. The van der Waals surface area contributed by atoms with Gasteiger partial charge in [-0.3, -0.25) is 4.98 Å². The minimum Gasteiger partial charge on any atom is -0.356 e. The maximum Gasteiger partial charge on any atom is 0.152 e. The highest BCUT2D eigenvalue weighted by atomic mass is 35.5. The molecule has 1 aromatic rings. The van der Waals surface area contributed by atoms with Crippen molar-refractivity contribution in [2.24, 2.45) is 11.8 Å².